The molecule has 0 saturated heterocycles. The van der Waals surface area contributed by atoms with Crippen molar-refractivity contribution in [3.8, 4) is 0 Å². The Bertz CT molecular complexity index is 434. The molecule has 16 heavy (non-hydrogen) atoms. The van der Waals surface area contributed by atoms with Crippen LogP contribution in [0.3, 0.4) is 0 Å². The summed E-state index contributed by atoms with van der Waals surface area (Å²) in [6.07, 6.45) is 1.93. The zero-order valence-electron chi connectivity index (χ0n) is 8.27. The number of halogens is 3. The lowest BCUT2D eigenvalue weighted by Gasteiger charge is -2.38. The summed E-state index contributed by atoms with van der Waals surface area (Å²) >= 11 is 8.83. The van der Waals surface area contributed by atoms with Crippen LogP contribution >= 0.6 is 27.5 Å². The number of hydrogen-bond acceptors (Lipinski definition) is 1. The first-order valence-electron chi connectivity index (χ1n) is 4.86. The van der Waals surface area contributed by atoms with Gasteiger partial charge in [0.2, 0.25) is 0 Å². The molecule has 1 aromatic rings. The minimum absolute atomic E-state index is 0.178. The number of carboxylic acids is 1. The molecule has 2 nitrogen and oxygen atoms in total. The third-order valence-corrected chi connectivity index (χ3v) is 4.49. The van der Waals surface area contributed by atoms with E-state index >= 15 is 0 Å². The molecule has 0 heterocycles. The molecule has 0 aromatic heterocycles. The van der Waals surface area contributed by atoms with Crippen LogP contribution < -0.4 is 0 Å². The van der Waals surface area contributed by atoms with Gasteiger partial charge in [0.25, 0.3) is 0 Å². The second-order valence-electron chi connectivity index (χ2n) is 3.99. The van der Waals surface area contributed by atoms with Crippen LogP contribution in [0.1, 0.15) is 24.8 Å². The SMILES string of the molecule is O=C(O)C1(c2cc(F)c(Br)c(Cl)c2)CCC1. The minimum Gasteiger partial charge on any atom is -0.481 e. The van der Waals surface area contributed by atoms with Gasteiger partial charge in [-0.15, -0.1) is 0 Å². The maximum absolute atomic E-state index is 13.5. The maximum Gasteiger partial charge on any atom is 0.314 e. The van der Waals surface area contributed by atoms with Gasteiger partial charge in [0.05, 0.1) is 14.9 Å². The van der Waals surface area contributed by atoms with E-state index in [0.29, 0.717) is 18.4 Å². The molecule has 0 bridgehead atoms. The van der Waals surface area contributed by atoms with Crippen molar-refractivity contribution in [1.82, 2.24) is 0 Å². The molecule has 1 aliphatic rings. The summed E-state index contributed by atoms with van der Waals surface area (Å²) in [5.41, 5.74) is -0.484. The Hall–Kier alpha value is -0.610. The van der Waals surface area contributed by atoms with E-state index in [-0.39, 0.29) is 9.50 Å². The van der Waals surface area contributed by atoms with Gasteiger partial charge in [-0.2, -0.15) is 0 Å². The molecule has 1 saturated carbocycles. The molecule has 0 amide bonds. The van der Waals surface area contributed by atoms with Gasteiger partial charge in [0.15, 0.2) is 0 Å². The third-order valence-electron chi connectivity index (χ3n) is 3.15. The van der Waals surface area contributed by atoms with E-state index in [2.05, 4.69) is 15.9 Å². The van der Waals surface area contributed by atoms with Crippen molar-refractivity contribution < 1.29 is 14.3 Å². The summed E-state index contributed by atoms with van der Waals surface area (Å²) in [4.78, 5) is 11.2. The number of rotatable bonds is 2. The summed E-state index contributed by atoms with van der Waals surface area (Å²) in [5, 5.41) is 9.42. The lowest BCUT2D eigenvalue weighted by atomic mass is 9.64. The van der Waals surface area contributed by atoms with Crippen LogP contribution in [0.2, 0.25) is 5.02 Å². The average molecular weight is 308 g/mol. The topological polar surface area (TPSA) is 37.3 Å². The van der Waals surface area contributed by atoms with E-state index in [4.69, 9.17) is 11.6 Å². The highest BCUT2D eigenvalue weighted by Crippen LogP contribution is 2.45. The van der Waals surface area contributed by atoms with E-state index < -0.39 is 17.2 Å². The molecule has 1 aromatic carbocycles. The van der Waals surface area contributed by atoms with E-state index in [1.165, 1.54) is 12.1 Å². The van der Waals surface area contributed by atoms with Crippen molar-refractivity contribution in [1.29, 1.82) is 0 Å². The van der Waals surface area contributed by atoms with Crippen LogP contribution in [0.5, 0.6) is 0 Å². The van der Waals surface area contributed by atoms with Gasteiger partial charge < -0.3 is 5.11 Å². The average Bonchev–Trinajstić information content (AvgIpc) is 2.11. The predicted octanol–water partition coefficient (Wildman–Crippen LogP) is 3.75. The quantitative estimate of drug-likeness (QED) is 0.845. The van der Waals surface area contributed by atoms with Crippen LogP contribution in [0.25, 0.3) is 0 Å². The van der Waals surface area contributed by atoms with Crippen LogP contribution in [-0.4, -0.2) is 11.1 Å². The monoisotopic (exact) mass is 306 g/mol. The molecule has 0 radical (unpaired) electrons. The largest absolute Gasteiger partial charge is 0.481 e. The molecule has 0 aliphatic heterocycles. The zero-order chi connectivity index (χ0) is 11.9. The van der Waals surface area contributed by atoms with Crippen LogP contribution in [0.4, 0.5) is 4.39 Å². The van der Waals surface area contributed by atoms with Crippen LogP contribution in [0, 0.1) is 5.82 Å². The lowest BCUT2D eigenvalue weighted by molar-refractivity contribution is -0.147. The molecular formula is C11H9BrClFO2. The van der Waals surface area contributed by atoms with Gasteiger partial charge in [-0.05, 0) is 46.5 Å². The molecule has 1 fully saturated rings. The summed E-state index contributed by atoms with van der Waals surface area (Å²) < 4.78 is 13.6. The van der Waals surface area contributed by atoms with Crippen molar-refractivity contribution >= 4 is 33.5 Å². The molecular weight excluding hydrogens is 298 g/mol. The zero-order valence-corrected chi connectivity index (χ0v) is 10.6. The van der Waals surface area contributed by atoms with Gasteiger partial charge in [-0.25, -0.2) is 4.39 Å². The van der Waals surface area contributed by atoms with Gasteiger partial charge >= 0.3 is 5.97 Å². The van der Waals surface area contributed by atoms with E-state index in [1.54, 1.807) is 0 Å². The lowest BCUT2D eigenvalue weighted by Crippen LogP contribution is -2.42. The van der Waals surface area contributed by atoms with Crippen molar-refractivity contribution in [3.63, 3.8) is 0 Å². The van der Waals surface area contributed by atoms with Gasteiger partial charge in [-0.3, -0.25) is 4.79 Å². The Labute approximate surface area is 106 Å². The van der Waals surface area contributed by atoms with Gasteiger partial charge in [0, 0.05) is 0 Å². The first kappa shape index (κ1) is 11.9. The Balaban J connectivity index is 2.52. The fourth-order valence-corrected chi connectivity index (χ4v) is 2.42. The fraction of sp³-hybridized carbons (Fsp3) is 0.364. The first-order chi connectivity index (χ1) is 7.47. The van der Waals surface area contributed by atoms with Gasteiger partial charge in [0.1, 0.15) is 5.82 Å². The normalized spacial score (nSPS) is 17.9. The predicted molar refractivity (Wildman–Crippen MR) is 62.3 cm³/mol. The van der Waals surface area contributed by atoms with Crippen LogP contribution in [0.15, 0.2) is 16.6 Å². The summed E-state index contributed by atoms with van der Waals surface area (Å²) in [6, 6.07) is 2.78. The summed E-state index contributed by atoms with van der Waals surface area (Å²) in [6.45, 7) is 0. The van der Waals surface area contributed by atoms with Crippen molar-refractivity contribution in [3.05, 3.63) is 33.0 Å². The Morgan fingerprint density at radius 2 is 2.12 bits per heavy atom. The number of carbonyl (C=O) groups is 1. The second kappa shape index (κ2) is 4.00. The van der Waals surface area contributed by atoms with Crippen molar-refractivity contribution in [2.45, 2.75) is 24.7 Å². The van der Waals surface area contributed by atoms with E-state index in [9.17, 15) is 14.3 Å². The molecule has 1 aliphatic carbocycles. The number of aliphatic carboxylic acids is 1. The third kappa shape index (κ3) is 1.64. The smallest absolute Gasteiger partial charge is 0.314 e. The maximum atomic E-state index is 13.5. The molecule has 2 rings (SSSR count). The highest BCUT2D eigenvalue weighted by Gasteiger charge is 2.46. The van der Waals surface area contributed by atoms with Crippen molar-refractivity contribution in [2.75, 3.05) is 0 Å². The number of hydrogen-bond donors (Lipinski definition) is 1. The molecule has 1 N–H and O–H groups in total. The van der Waals surface area contributed by atoms with E-state index in [0.717, 1.165) is 6.42 Å². The first-order valence-corrected chi connectivity index (χ1v) is 6.03. The highest BCUT2D eigenvalue weighted by atomic mass is 79.9. The number of benzene rings is 1. The molecule has 0 spiro atoms. The van der Waals surface area contributed by atoms with E-state index in [1.807, 2.05) is 0 Å². The molecule has 0 unspecified atom stereocenters. The second-order valence-corrected chi connectivity index (χ2v) is 5.19. The highest BCUT2D eigenvalue weighted by molar-refractivity contribution is 9.10. The van der Waals surface area contributed by atoms with Gasteiger partial charge in [-0.1, -0.05) is 18.0 Å². The fourth-order valence-electron chi connectivity index (χ4n) is 1.99. The summed E-state index contributed by atoms with van der Waals surface area (Å²) in [7, 11) is 0. The molecule has 86 valence electrons. The minimum atomic E-state index is -0.939. The molecule has 0 atom stereocenters. The number of carboxylic acid groups (broad SMARTS) is 1. The Kier molecular flexibility index (Phi) is 2.97. The van der Waals surface area contributed by atoms with Crippen molar-refractivity contribution in [2.24, 2.45) is 0 Å². The Morgan fingerprint density at radius 1 is 1.50 bits per heavy atom. The summed E-state index contributed by atoms with van der Waals surface area (Å²) in [5.74, 6) is -1.42. The standard InChI is InChI=1S/C11H9BrClFO2/c12-9-7(13)4-6(5-8(9)14)11(10(15)16)2-1-3-11/h4-5H,1-3H2,(H,15,16). The van der Waals surface area contributed by atoms with Crippen LogP contribution in [-0.2, 0) is 10.2 Å². The Morgan fingerprint density at radius 3 is 2.50 bits per heavy atom. The molecule has 5 heteroatoms.